The molecule has 0 atom stereocenters. The number of benzene rings is 2. The van der Waals surface area contributed by atoms with Gasteiger partial charge in [-0.15, -0.1) is 0 Å². The molecule has 0 radical (unpaired) electrons. The summed E-state index contributed by atoms with van der Waals surface area (Å²) in [6.07, 6.45) is -1.12. The molecule has 0 saturated heterocycles. The van der Waals surface area contributed by atoms with Gasteiger partial charge in [-0.3, -0.25) is 10.1 Å². The minimum Gasteiger partial charge on any atom is -0.465 e. The third-order valence-electron chi connectivity index (χ3n) is 2.43. The summed E-state index contributed by atoms with van der Waals surface area (Å²) in [5.41, 5.74) is 1.62. The summed E-state index contributed by atoms with van der Waals surface area (Å²) in [7, 11) is 0. The van der Waals surface area contributed by atoms with Crippen molar-refractivity contribution < 1.29 is 14.7 Å². The van der Waals surface area contributed by atoms with Gasteiger partial charge in [0.1, 0.15) is 0 Å². The number of hydrogen-bond donors (Lipinski definition) is 3. The third-order valence-corrected chi connectivity index (χ3v) is 2.43. The van der Waals surface area contributed by atoms with Crippen molar-refractivity contribution in [3.63, 3.8) is 0 Å². The average molecular weight is 256 g/mol. The van der Waals surface area contributed by atoms with E-state index in [1.807, 2.05) is 6.07 Å². The Morgan fingerprint density at radius 1 is 0.789 bits per heavy atom. The van der Waals surface area contributed by atoms with Gasteiger partial charge in [0, 0.05) is 16.9 Å². The summed E-state index contributed by atoms with van der Waals surface area (Å²) in [4.78, 5) is 22.3. The van der Waals surface area contributed by atoms with Crippen LogP contribution >= 0.6 is 0 Å². The summed E-state index contributed by atoms with van der Waals surface area (Å²) in [5.74, 6) is -0.209. The predicted molar refractivity (Wildman–Crippen MR) is 72.5 cm³/mol. The van der Waals surface area contributed by atoms with Gasteiger partial charge in [-0.25, -0.2) is 4.79 Å². The molecule has 0 aliphatic carbocycles. The van der Waals surface area contributed by atoms with Gasteiger partial charge in [-0.1, -0.05) is 18.2 Å². The number of carboxylic acid groups (broad SMARTS) is 1. The molecule has 0 spiro atoms. The molecule has 19 heavy (non-hydrogen) atoms. The van der Waals surface area contributed by atoms with Crippen LogP contribution in [0.5, 0.6) is 0 Å². The largest absolute Gasteiger partial charge is 0.465 e. The first kappa shape index (κ1) is 12.6. The Labute approximate surface area is 109 Å². The molecule has 2 aromatic rings. The molecule has 0 bridgehead atoms. The Balaban J connectivity index is 2.04. The Morgan fingerprint density at radius 2 is 1.32 bits per heavy atom. The van der Waals surface area contributed by atoms with Gasteiger partial charge in [0.05, 0.1) is 0 Å². The molecule has 0 saturated carbocycles. The summed E-state index contributed by atoms with van der Waals surface area (Å²) >= 11 is 0. The number of hydrogen-bond acceptors (Lipinski definition) is 2. The zero-order chi connectivity index (χ0) is 13.7. The van der Waals surface area contributed by atoms with Crippen molar-refractivity contribution in [1.29, 1.82) is 0 Å². The number of carbonyl (C=O) groups is 2. The fraction of sp³-hybridized carbons (Fsp3) is 0. The highest BCUT2D eigenvalue weighted by Gasteiger charge is 2.05. The van der Waals surface area contributed by atoms with E-state index in [0.29, 0.717) is 16.9 Å². The van der Waals surface area contributed by atoms with Gasteiger partial charge in [0.2, 0.25) is 0 Å². The van der Waals surface area contributed by atoms with Crippen molar-refractivity contribution in [2.45, 2.75) is 0 Å². The monoisotopic (exact) mass is 256 g/mol. The molecule has 5 heteroatoms. The molecule has 0 aliphatic rings. The van der Waals surface area contributed by atoms with Gasteiger partial charge in [-0.05, 0) is 36.4 Å². The highest BCUT2D eigenvalue weighted by Crippen LogP contribution is 2.14. The van der Waals surface area contributed by atoms with Crippen LogP contribution in [0.25, 0.3) is 0 Å². The van der Waals surface area contributed by atoms with Crippen molar-refractivity contribution in [2.75, 3.05) is 10.6 Å². The van der Waals surface area contributed by atoms with Crippen LogP contribution in [0.1, 0.15) is 10.4 Å². The lowest BCUT2D eigenvalue weighted by Gasteiger charge is -2.06. The fourth-order valence-electron chi connectivity index (χ4n) is 1.55. The second kappa shape index (κ2) is 5.68. The lowest BCUT2D eigenvalue weighted by atomic mass is 10.2. The Hall–Kier alpha value is -2.82. The van der Waals surface area contributed by atoms with Gasteiger partial charge >= 0.3 is 6.09 Å². The standard InChI is InChI=1S/C14H12N2O3/c17-13(10-4-2-1-3-5-10)15-11-6-8-12(9-7-11)16-14(18)19/h1-9,16H,(H,15,17)(H,18,19). The zero-order valence-corrected chi connectivity index (χ0v) is 9.96. The van der Waals surface area contributed by atoms with E-state index in [0.717, 1.165) is 0 Å². The summed E-state index contributed by atoms with van der Waals surface area (Å²) in [6, 6.07) is 15.3. The average Bonchev–Trinajstić information content (AvgIpc) is 2.41. The molecular formula is C14H12N2O3. The smallest absolute Gasteiger partial charge is 0.409 e. The maximum absolute atomic E-state index is 11.9. The van der Waals surface area contributed by atoms with E-state index in [1.54, 1.807) is 48.5 Å². The first-order valence-electron chi connectivity index (χ1n) is 5.61. The van der Waals surface area contributed by atoms with Crippen LogP contribution < -0.4 is 10.6 Å². The van der Waals surface area contributed by atoms with Crippen LogP contribution in [0, 0.1) is 0 Å². The lowest BCUT2D eigenvalue weighted by Crippen LogP contribution is -2.12. The predicted octanol–water partition coefficient (Wildman–Crippen LogP) is 3.03. The van der Waals surface area contributed by atoms with Crippen LogP contribution in [0.15, 0.2) is 54.6 Å². The van der Waals surface area contributed by atoms with E-state index in [4.69, 9.17) is 5.11 Å². The van der Waals surface area contributed by atoms with Crippen molar-refractivity contribution in [2.24, 2.45) is 0 Å². The zero-order valence-electron chi connectivity index (χ0n) is 9.96. The number of nitrogens with one attached hydrogen (secondary N) is 2. The molecule has 2 aromatic carbocycles. The Morgan fingerprint density at radius 3 is 1.84 bits per heavy atom. The van der Waals surface area contributed by atoms with Gasteiger partial charge in [0.15, 0.2) is 0 Å². The maximum atomic E-state index is 11.9. The SMILES string of the molecule is O=C(O)Nc1ccc(NC(=O)c2ccccc2)cc1. The molecule has 0 unspecified atom stereocenters. The highest BCUT2D eigenvalue weighted by molar-refractivity contribution is 6.04. The quantitative estimate of drug-likeness (QED) is 0.789. The normalized spacial score (nSPS) is 9.68. The molecular weight excluding hydrogens is 244 g/mol. The van der Waals surface area contributed by atoms with E-state index in [2.05, 4.69) is 10.6 Å². The van der Waals surface area contributed by atoms with Crippen molar-refractivity contribution in [3.05, 3.63) is 60.2 Å². The summed E-state index contributed by atoms with van der Waals surface area (Å²) in [5, 5.41) is 13.5. The summed E-state index contributed by atoms with van der Waals surface area (Å²) < 4.78 is 0. The Kier molecular flexibility index (Phi) is 3.78. The van der Waals surface area contributed by atoms with Gasteiger partial charge < -0.3 is 10.4 Å². The molecule has 3 N–H and O–H groups in total. The first-order valence-corrected chi connectivity index (χ1v) is 5.61. The number of rotatable bonds is 3. The number of amides is 2. The first-order chi connectivity index (χ1) is 9.15. The van der Waals surface area contributed by atoms with Crippen molar-refractivity contribution >= 4 is 23.4 Å². The molecule has 0 heterocycles. The molecule has 0 aliphatic heterocycles. The van der Waals surface area contributed by atoms with Crippen LogP contribution in [0.2, 0.25) is 0 Å². The van der Waals surface area contributed by atoms with Crippen LogP contribution in [0.3, 0.4) is 0 Å². The lowest BCUT2D eigenvalue weighted by molar-refractivity contribution is 0.102. The third kappa shape index (κ3) is 3.57. The Bertz CT molecular complexity index is 579. The minimum absolute atomic E-state index is 0.209. The number of anilines is 2. The minimum atomic E-state index is -1.12. The van der Waals surface area contributed by atoms with E-state index in [9.17, 15) is 9.59 Å². The number of carbonyl (C=O) groups excluding carboxylic acids is 1. The van der Waals surface area contributed by atoms with E-state index in [1.165, 1.54) is 0 Å². The fourth-order valence-corrected chi connectivity index (χ4v) is 1.55. The van der Waals surface area contributed by atoms with E-state index in [-0.39, 0.29) is 5.91 Å². The van der Waals surface area contributed by atoms with Crippen LogP contribution in [-0.2, 0) is 0 Å². The molecule has 2 amide bonds. The molecule has 5 nitrogen and oxygen atoms in total. The highest BCUT2D eigenvalue weighted by atomic mass is 16.4. The second-order valence-electron chi connectivity index (χ2n) is 3.83. The second-order valence-corrected chi connectivity index (χ2v) is 3.83. The van der Waals surface area contributed by atoms with Gasteiger partial charge in [0.25, 0.3) is 5.91 Å². The maximum Gasteiger partial charge on any atom is 0.409 e. The van der Waals surface area contributed by atoms with Crippen molar-refractivity contribution in [1.82, 2.24) is 0 Å². The topological polar surface area (TPSA) is 78.4 Å². The van der Waals surface area contributed by atoms with Crippen molar-refractivity contribution in [3.8, 4) is 0 Å². The molecule has 0 fully saturated rings. The van der Waals surface area contributed by atoms with E-state index >= 15 is 0 Å². The van der Waals surface area contributed by atoms with Crippen LogP contribution in [0.4, 0.5) is 16.2 Å². The van der Waals surface area contributed by atoms with Crippen LogP contribution in [-0.4, -0.2) is 17.1 Å². The van der Waals surface area contributed by atoms with Gasteiger partial charge in [-0.2, -0.15) is 0 Å². The molecule has 0 aromatic heterocycles. The molecule has 96 valence electrons. The molecule has 2 rings (SSSR count). The van der Waals surface area contributed by atoms with E-state index < -0.39 is 6.09 Å². The summed E-state index contributed by atoms with van der Waals surface area (Å²) in [6.45, 7) is 0.